The van der Waals surface area contributed by atoms with Crippen LogP contribution in [-0.2, 0) is 6.54 Å². The molecule has 1 heterocycles. The molecular weight excluding hydrogens is 238 g/mol. The van der Waals surface area contributed by atoms with Crippen molar-refractivity contribution in [3.05, 3.63) is 50.7 Å². The third-order valence-electron chi connectivity index (χ3n) is 2.60. The largest absolute Gasteiger partial charge is 0.380 e. The van der Waals surface area contributed by atoms with Gasteiger partial charge < -0.3 is 5.32 Å². The molecule has 1 aromatic carbocycles. The first-order valence-corrected chi connectivity index (χ1v) is 6.40. The normalized spacial score (nSPS) is 10.4. The van der Waals surface area contributed by atoms with Crippen LogP contribution in [0, 0.1) is 13.8 Å². The Bertz CT molecular complexity index is 490. The summed E-state index contributed by atoms with van der Waals surface area (Å²) < 4.78 is 0.844. The number of thiophene rings is 1. The highest BCUT2D eigenvalue weighted by molar-refractivity contribution is 7.16. The fourth-order valence-electron chi connectivity index (χ4n) is 1.49. The molecule has 0 fully saturated rings. The SMILES string of the molecule is Cc1ccc(NCc2ccc(Cl)s2)cc1C. The van der Waals surface area contributed by atoms with Crippen molar-refractivity contribution >= 4 is 28.6 Å². The fourth-order valence-corrected chi connectivity index (χ4v) is 2.51. The molecule has 0 unspecified atom stereocenters. The average Bonchev–Trinajstić information content (AvgIpc) is 2.66. The van der Waals surface area contributed by atoms with Crippen molar-refractivity contribution in [2.75, 3.05) is 5.32 Å². The lowest BCUT2D eigenvalue weighted by Gasteiger charge is -2.07. The van der Waals surface area contributed by atoms with Gasteiger partial charge in [0.2, 0.25) is 0 Å². The molecule has 2 aromatic rings. The number of anilines is 1. The molecule has 0 spiro atoms. The Hall–Kier alpha value is -0.990. The van der Waals surface area contributed by atoms with Crippen LogP contribution in [-0.4, -0.2) is 0 Å². The Kier molecular flexibility index (Phi) is 3.52. The number of nitrogens with one attached hydrogen (secondary N) is 1. The van der Waals surface area contributed by atoms with Gasteiger partial charge in [0.15, 0.2) is 0 Å². The van der Waals surface area contributed by atoms with Gasteiger partial charge in [-0.2, -0.15) is 0 Å². The van der Waals surface area contributed by atoms with E-state index in [-0.39, 0.29) is 0 Å². The Balaban J connectivity index is 2.02. The Labute approximate surface area is 105 Å². The van der Waals surface area contributed by atoms with E-state index in [2.05, 4.69) is 43.4 Å². The number of halogens is 1. The summed E-state index contributed by atoms with van der Waals surface area (Å²) >= 11 is 7.50. The third-order valence-corrected chi connectivity index (χ3v) is 3.83. The van der Waals surface area contributed by atoms with E-state index in [4.69, 9.17) is 11.6 Å². The summed E-state index contributed by atoms with van der Waals surface area (Å²) in [4.78, 5) is 1.25. The van der Waals surface area contributed by atoms with Gasteiger partial charge in [0, 0.05) is 17.1 Å². The minimum atomic E-state index is 0.833. The quantitative estimate of drug-likeness (QED) is 0.839. The van der Waals surface area contributed by atoms with Crippen molar-refractivity contribution in [1.29, 1.82) is 0 Å². The number of rotatable bonds is 3. The molecule has 3 heteroatoms. The molecule has 0 atom stereocenters. The van der Waals surface area contributed by atoms with Gasteiger partial charge in [0.25, 0.3) is 0 Å². The van der Waals surface area contributed by atoms with Gasteiger partial charge in [0.05, 0.1) is 4.34 Å². The molecule has 0 saturated heterocycles. The molecule has 1 nitrogen and oxygen atoms in total. The van der Waals surface area contributed by atoms with Gasteiger partial charge in [-0.1, -0.05) is 17.7 Å². The summed E-state index contributed by atoms with van der Waals surface area (Å²) in [5.74, 6) is 0. The molecule has 16 heavy (non-hydrogen) atoms. The second-order valence-corrected chi connectivity index (χ2v) is 5.66. The highest BCUT2D eigenvalue weighted by atomic mass is 35.5. The zero-order valence-electron chi connectivity index (χ0n) is 9.38. The predicted molar refractivity (Wildman–Crippen MR) is 72.6 cm³/mol. The molecular formula is C13H14ClNS. The molecule has 84 valence electrons. The lowest BCUT2D eigenvalue weighted by atomic mass is 10.1. The van der Waals surface area contributed by atoms with Gasteiger partial charge in [-0.25, -0.2) is 0 Å². The van der Waals surface area contributed by atoms with Crippen LogP contribution in [0.5, 0.6) is 0 Å². The molecule has 0 amide bonds. The van der Waals surface area contributed by atoms with Gasteiger partial charge in [-0.3, -0.25) is 0 Å². The first-order chi connectivity index (χ1) is 7.65. The number of hydrogen-bond donors (Lipinski definition) is 1. The summed E-state index contributed by atoms with van der Waals surface area (Å²) in [6.45, 7) is 5.08. The minimum Gasteiger partial charge on any atom is -0.380 e. The van der Waals surface area contributed by atoms with E-state index in [1.165, 1.54) is 16.0 Å². The Morgan fingerprint density at radius 3 is 2.56 bits per heavy atom. The summed E-state index contributed by atoms with van der Waals surface area (Å²) in [5.41, 5.74) is 3.80. The predicted octanol–water partition coefficient (Wildman–Crippen LogP) is 4.63. The zero-order chi connectivity index (χ0) is 11.5. The van der Waals surface area contributed by atoms with Crippen molar-refractivity contribution in [3.8, 4) is 0 Å². The highest BCUT2D eigenvalue weighted by Gasteiger charge is 1.99. The molecule has 0 saturated carbocycles. The summed E-state index contributed by atoms with van der Waals surface area (Å²) in [6, 6.07) is 10.4. The molecule has 0 aliphatic heterocycles. The second kappa shape index (κ2) is 4.89. The van der Waals surface area contributed by atoms with Crippen LogP contribution in [0.25, 0.3) is 0 Å². The van der Waals surface area contributed by atoms with Crippen molar-refractivity contribution in [3.63, 3.8) is 0 Å². The fraction of sp³-hybridized carbons (Fsp3) is 0.231. The first kappa shape index (κ1) is 11.5. The van der Waals surface area contributed by atoms with Crippen molar-refractivity contribution in [1.82, 2.24) is 0 Å². The zero-order valence-corrected chi connectivity index (χ0v) is 11.0. The van der Waals surface area contributed by atoms with Gasteiger partial charge in [-0.05, 0) is 49.2 Å². The van der Waals surface area contributed by atoms with E-state index < -0.39 is 0 Å². The van der Waals surface area contributed by atoms with Crippen molar-refractivity contribution in [2.24, 2.45) is 0 Å². The van der Waals surface area contributed by atoms with Crippen LogP contribution in [0.15, 0.2) is 30.3 Å². The molecule has 1 N–H and O–H groups in total. The second-order valence-electron chi connectivity index (χ2n) is 3.86. The first-order valence-electron chi connectivity index (χ1n) is 5.20. The summed E-state index contributed by atoms with van der Waals surface area (Å²) in [7, 11) is 0. The third kappa shape index (κ3) is 2.77. The van der Waals surface area contributed by atoms with Crippen LogP contribution >= 0.6 is 22.9 Å². The van der Waals surface area contributed by atoms with E-state index in [9.17, 15) is 0 Å². The summed E-state index contributed by atoms with van der Waals surface area (Å²) in [5, 5.41) is 3.39. The highest BCUT2D eigenvalue weighted by Crippen LogP contribution is 2.22. The van der Waals surface area contributed by atoms with Crippen LogP contribution in [0.1, 0.15) is 16.0 Å². The Morgan fingerprint density at radius 2 is 1.94 bits per heavy atom. The number of benzene rings is 1. The van der Waals surface area contributed by atoms with Gasteiger partial charge in [0.1, 0.15) is 0 Å². The molecule has 0 bridgehead atoms. The van der Waals surface area contributed by atoms with Gasteiger partial charge >= 0.3 is 0 Å². The van der Waals surface area contributed by atoms with E-state index in [1.54, 1.807) is 11.3 Å². The van der Waals surface area contributed by atoms with Crippen LogP contribution in [0.3, 0.4) is 0 Å². The average molecular weight is 252 g/mol. The van der Waals surface area contributed by atoms with E-state index in [1.807, 2.05) is 6.07 Å². The Morgan fingerprint density at radius 1 is 1.12 bits per heavy atom. The molecule has 0 aliphatic carbocycles. The standard InChI is InChI=1S/C13H14ClNS/c1-9-3-4-11(7-10(9)2)15-8-12-5-6-13(14)16-12/h3-7,15H,8H2,1-2H3. The maximum atomic E-state index is 5.88. The van der Waals surface area contributed by atoms with Crippen molar-refractivity contribution in [2.45, 2.75) is 20.4 Å². The van der Waals surface area contributed by atoms with E-state index in [0.717, 1.165) is 16.6 Å². The van der Waals surface area contributed by atoms with Crippen LogP contribution < -0.4 is 5.32 Å². The van der Waals surface area contributed by atoms with E-state index >= 15 is 0 Å². The van der Waals surface area contributed by atoms with Crippen molar-refractivity contribution < 1.29 is 0 Å². The smallest absolute Gasteiger partial charge is 0.0931 e. The van der Waals surface area contributed by atoms with Crippen LogP contribution in [0.4, 0.5) is 5.69 Å². The van der Waals surface area contributed by atoms with Gasteiger partial charge in [-0.15, -0.1) is 11.3 Å². The minimum absolute atomic E-state index is 0.833. The monoisotopic (exact) mass is 251 g/mol. The maximum absolute atomic E-state index is 5.88. The molecule has 0 aliphatic rings. The molecule has 1 aromatic heterocycles. The molecule has 2 rings (SSSR count). The summed E-state index contributed by atoms with van der Waals surface area (Å²) in [6.07, 6.45) is 0. The number of aryl methyl sites for hydroxylation is 2. The number of hydrogen-bond acceptors (Lipinski definition) is 2. The topological polar surface area (TPSA) is 12.0 Å². The molecule has 0 radical (unpaired) electrons. The van der Waals surface area contributed by atoms with E-state index in [0.29, 0.717) is 0 Å². The maximum Gasteiger partial charge on any atom is 0.0931 e. The lowest BCUT2D eigenvalue weighted by molar-refractivity contribution is 1.18. The lowest BCUT2D eigenvalue weighted by Crippen LogP contribution is -1.97. The van der Waals surface area contributed by atoms with Crippen LogP contribution in [0.2, 0.25) is 4.34 Å².